The zero-order chi connectivity index (χ0) is 10.8. The SMILES string of the molecule is O=P(O)(O)C[C@H](O)[C@H](O)c1ncn[nH]1. The van der Waals surface area contributed by atoms with Crippen molar-refractivity contribution in [2.75, 3.05) is 6.16 Å². The summed E-state index contributed by atoms with van der Waals surface area (Å²) in [5, 5.41) is 24.2. The third-order valence-corrected chi connectivity index (χ3v) is 2.35. The normalized spacial score (nSPS) is 16.6. The molecular weight excluding hydrogens is 213 g/mol. The van der Waals surface area contributed by atoms with Crippen LogP contribution in [0.25, 0.3) is 0 Å². The third-order valence-electron chi connectivity index (χ3n) is 1.50. The molecule has 0 saturated carbocycles. The van der Waals surface area contributed by atoms with Crippen LogP contribution >= 0.6 is 7.60 Å². The summed E-state index contributed by atoms with van der Waals surface area (Å²) in [5.74, 6) is -0.0362. The van der Waals surface area contributed by atoms with Gasteiger partial charge in [0.15, 0.2) is 5.82 Å². The van der Waals surface area contributed by atoms with Crippen molar-refractivity contribution in [1.82, 2.24) is 15.2 Å². The molecule has 1 heterocycles. The molecule has 14 heavy (non-hydrogen) atoms. The number of H-pyrrole nitrogens is 1. The summed E-state index contributed by atoms with van der Waals surface area (Å²) in [6.07, 6.45) is -2.77. The zero-order valence-electron chi connectivity index (χ0n) is 6.98. The molecule has 1 rings (SSSR count). The fraction of sp³-hybridized carbons (Fsp3) is 0.600. The Kier molecular flexibility index (Phi) is 3.35. The van der Waals surface area contributed by atoms with E-state index >= 15 is 0 Å². The molecule has 0 aliphatic heterocycles. The summed E-state index contributed by atoms with van der Waals surface area (Å²) in [5.41, 5.74) is 0. The number of nitrogens with one attached hydrogen (secondary N) is 1. The van der Waals surface area contributed by atoms with E-state index in [0.29, 0.717) is 0 Å². The molecule has 1 aromatic heterocycles. The van der Waals surface area contributed by atoms with Gasteiger partial charge in [-0.3, -0.25) is 9.66 Å². The van der Waals surface area contributed by atoms with Crippen LogP contribution in [0.3, 0.4) is 0 Å². The molecule has 0 bridgehead atoms. The Hall–Kier alpha value is -0.790. The minimum atomic E-state index is -4.35. The number of hydrogen-bond donors (Lipinski definition) is 5. The second-order valence-electron chi connectivity index (χ2n) is 2.73. The van der Waals surface area contributed by atoms with E-state index in [9.17, 15) is 14.8 Å². The molecular formula is C5H10N3O5P. The van der Waals surface area contributed by atoms with Crippen molar-refractivity contribution in [3.63, 3.8) is 0 Å². The van der Waals surface area contributed by atoms with Crippen molar-refractivity contribution in [2.45, 2.75) is 12.2 Å². The smallest absolute Gasteiger partial charge is 0.328 e. The van der Waals surface area contributed by atoms with E-state index in [4.69, 9.17) is 9.79 Å². The van der Waals surface area contributed by atoms with Gasteiger partial charge in [0.1, 0.15) is 12.4 Å². The summed E-state index contributed by atoms with van der Waals surface area (Å²) in [7, 11) is -4.35. The Bertz CT molecular complexity index is 322. The van der Waals surface area contributed by atoms with Crippen molar-refractivity contribution < 1.29 is 24.6 Å². The predicted molar refractivity (Wildman–Crippen MR) is 44.3 cm³/mol. The van der Waals surface area contributed by atoms with Crippen LogP contribution in [-0.4, -0.2) is 47.4 Å². The quantitative estimate of drug-likeness (QED) is 0.386. The first-order chi connectivity index (χ1) is 6.40. The molecule has 2 atom stereocenters. The average molecular weight is 223 g/mol. The predicted octanol–water partition coefficient (Wildman–Crippen LogP) is -1.62. The van der Waals surface area contributed by atoms with Gasteiger partial charge in [0.2, 0.25) is 0 Å². The summed E-state index contributed by atoms with van der Waals surface area (Å²) in [6.45, 7) is 0. The fourth-order valence-corrected chi connectivity index (χ4v) is 1.57. The van der Waals surface area contributed by atoms with E-state index in [2.05, 4.69) is 15.2 Å². The monoisotopic (exact) mass is 223 g/mol. The van der Waals surface area contributed by atoms with Gasteiger partial charge in [-0.2, -0.15) is 5.10 Å². The van der Waals surface area contributed by atoms with Crippen molar-refractivity contribution in [1.29, 1.82) is 0 Å². The number of aromatic nitrogens is 3. The van der Waals surface area contributed by atoms with Crippen LogP contribution in [0.5, 0.6) is 0 Å². The van der Waals surface area contributed by atoms with Crippen LogP contribution in [0, 0.1) is 0 Å². The van der Waals surface area contributed by atoms with Gasteiger partial charge in [-0.15, -0.1) is 0 Å². The Morgan fingerprint density at radius 1 is 1.50 bits per heavy atom. The highest BCUT2D eigenvalue weighted by atomic mass is 31.2. The first-order valence-electron chi connectivity index (χ1n) is 3.66. The van der Waals surface area contributed by atoms with Gasteiger partial charge in [0, 0.05) is 0 Å². The molecule has 0 spiro atoms. The van der Waals surface area contributed by atoms with Crippen LogP contribution in [0.4, 0.5) is 0 Å². The van der Waals surface area contributed by atoms with Gasteiger partial charge in [-0.25, -0.2) is 4.98 Å². The number of hydrogen-bond acceptors (Lipinski definition) is 5. The molecule has 0 amide bonds. The average Bonchev–Trinajstić information content (AvgIpc) is 2.51. The first kappa shape index (κ1) is 11.3. The van der Waals surface area contributed by atoms with Gasteiger partial charge in [0.05, 0.1) is 12.3 Å². The summed E-state index contributed by atoms with van der Waals surface area (Å²) in [4.78, 5) is 20.6. The number of aliphatic hydroxyl groups excluding tert-OH is 2. The van der Waals surface area contributed by atoms with Crippen LogP contribution < -0.4 is 0 Å². The molecule has 5 N–H and O–H groups in total. The Morgan fingerprint density at radius 3 is 2.57 bits per heavy atom. The van der Waals surface area contributed by atoms with E-state index < -0.39 is 26.0 Å². The highest BCUT2D eigenvalue weighted by Gasteiger charge is 2.28. The first-order valence-corrected chi connectivity index (χ1v) is 5.46. The highest BCUT2D eigenvalue weighted by Crippen LogP contribution is 2.36. The fourth-order valence-electron chi connectivity index (χ4n) is 0.883. The number of aliphatic hydroxyl groups is 2. The number of rotatable bonds is 4. The zero-order valence-corrected chi connectivity index (χ0v) is 7.87. The van der Waals surface area contributed by atoms with Crippen LogP contribution in [0.1, 0.15) is 11.9 Å². The van der Waals surface area contributed by atoms with Gasteiger partial charge in [-0.1, -0.05) is 0 Å². The molecule has 9 heteroatoms. The molecule has 0 unspecified atom stereocenters. The van der Waals surface area contributed by atoms with Crippen LogP contribution in [0.15, 0.2) is 6.33 Å². The van der Waals surface area contributed by atoms with E-state index in [1.165, 1.54) is 0 Å². The topological polar surface area (TPSA) is 140 Å². The van der Waals surface area contributed by atoms with E-state index in [-0.39, 0.29) is 5.82 Å². The molecule has 0 fully saturated rings. The van der Waals surface area contributed by atoms with Gasteiger partial charge >= 0.3 is 7.60 Å². The standard InChI is InChI=1S/C5H10N3O5P/c9-3(1-14(11,12)13)4(10)5-6-2-7-8-5/h2-4,9-10H,1H2,(H,6,7,8)(H2,11,12,13)/t3-,4-/m0/s1. The van der Waals surface area contributed by atoms with Crippen molar-refractivity contribution in [3.8, 4) is 0 Å². The van der Waals surface area contributed by atoms with Crippen LogP contribution in [-0.2, 0) is 4.57 Å². The highest BCUT2D eigenvalue weighted by molar-refractivity contribution is 7.51. The molecule has 0 aliphatic carbocycles. The van der Waals surface area contributed by atoms with Gasteiger partial charge < -0.3 is 20.0 Å². The Balaban J connectivity index is 2.62. The van der Waals surface area contributed by atoms with Gasteiger partial charge in [0.25, 0.3) is 0 Å². The molecule has 0 radical (unpaired) electrons. The lowest BCUT2D eigenvalue weighted by Crippen LogP contribution is -2.23. The molecule has 1 aromatic rings. The molecule has 0 aromatic carbocycles. The molecule has 0 saturated heterocycles. The van der Waals surface area contributed by atoms with Crippen molar-refractivity contribution in [3.05, 3.63) is 12.2 Å². The third kappa shape index (κ3) is 3.17. The molecule has 80 valence electrons. The van der Waals surface area contributed by atoms with E-state index in [1.807, 2.05) is 0 Å². The largest absolute Gasteiger partial charge is 0.389 e. The minimum Gasteiger partial charge on any atom is -0.389 e. The molecule has 8 nitrogen and oxygen atoms in total. The second kappa shape index (κ2) is 4.16. The summed E-state index contributed by atoms with van der Waals surface area (Å²) < 4.78 is 10.5. The summed E-state index contributed by atoms with van der Waals surface area (Å²) >= 11 is 0. The lowest BCUT2D eigenvalue weighted by atomic mass is 10.2. The maximum Gasteiger partial charge on any atom is 0.328 e. The molecule has 0 aliphatic rings. The maximum atomic E-state index is 10.5. The van der Waals surface area contributed by atoms with Crippen LogP contribution in [0.2, 0.25) is 0 Å². The number of nitrogens with zero attached hydrogens (tertiary/aromatic N) is 2. The number of aromatic amines is 1. The van der Waals surface area contributed by atoms with E-state index in [1.54, 1.807) is 0 Å². The van der Waals surface area contributed by atoms with Crippen molar-refractivity contribution >= 4 is 7.60 Å². The van der Waals surface area contributed by atoms with Gasteiger partial charge in [-0.05, 0) is 0 Å². The minimum absolute atomic E-state index is 0.0362. The lowest BCUT2D eigenvalue weighted by molar-refractivity contribution is 0.0245. The lowest BCUT2D eigenvalue weighted by Gasteiger charge is -2.15. The van der Waals surface area contributed by atoms with Crippen molar-refractivity contribution in [2.24, 2.45) is 0 Å². The second-order valence-corrected chi connectivity index (χ2v) is 4.42. The summed E-state index contributed by atoms with van der Waals surface area (Å²) in [6, 6.07) is 0. The Labute approximate surface area is 78.8 Å². The Morgan fingerprint density at radius 2 is 2.14 bits per heavy atom. The maximum absolute atomic E-state index is 10.5. The van der Waals surface area contributed by atoms with E-state index in [0.717, 1.165) is 6.33 Å².